The number of rotatable bonds is 2. The Labute approximate surface area is 43.8 Å². The topological polar surface area (TPSA) is 26.3 Å². The summed E-state index contributed by atoms with van der Waals surface area (Å²) in [5.74, 6) is 0. The van der Waals surface area contributed by atoms with Crippen molar-refractivity contribution in [2.75, 3.05) is 0 Å². The van der Waals surface area contributed by atoms with Crippen molar-refractivity contribution in [1.29, 1.82) is 0 Å². The summed E-state index contributed by atoms with van der Waals surface area (Å²) in [6.07, 6.45) is 0.123. The van der Waals surface area contributed by atoms with Gasteiger partial charge in [0, 0.05) is 0 Å². The molecule has 3 heteroatoms. The molecule has 0 aromatic rings. The molecule has 0 amide bonds. The van der Waals surface area contributed by atoms with Crippen LogP contribution in [0.1, 0.15) is 13.8 Å². The maximum absolute atomic E-state index is 9.60. The number of hydrogen-bond acceptors (Lipinski definition) is 2. The van der Waals surface area contributed by atoms with Gasteiger partial charge in [0.1, 0.15) is 0 Å². The first kappa shape index (κ1) is 6.13. The van der Waals surface area contributed by atoms with Crippen LogP contribution in [0.4, 0.5) is 0 Å². The van der Waals surface area contributed by atoms with Crippen molar-refractivity contribution in [3.05, 3.63) is 0 Å². The van der Waals surface area contributed by atoms with E-state index in [0.29, 0.717) is 0 Å². The van der Waals surface area contributed by atoms with Gasteiger partial charge < -0.3 is 0 Å². The molecule has 0 radical (unpaired) electrons. The van der Waals surface area contributed by atoms with Gasteiger partial charge in [0.15, 0.2) is 0 Å². The Hall–Kier alpha value is 0.132. The molecule has 0 heterocycles. The molecule has 0 saturated carbocycles. The molecule has 0 fully saturated rings. The molecule has 0 unspecified atom stereocenters. The molecular weight excluding hydrogens is 95.0 g/mol. The molecule has 0 aliphatic rings. The van der Waals surface area contributed by atoms with E-state index in [4.69, 9.17) is 0 Å². The molecule has 0 spiro atoms. The Morgan fingerprint density at radius 2 is 2.17 bits per heavy atom. The Kier molecular flexibility index (Phi) is 3.40. The summed E-state index contributed by atoms with van der Waals surface area (Å²) in [4.78, 5) is 0. The van der Waals surface area contributed by atoms with E-state index in [9.17, 15) is 3.80 Å². The van der Waals surface area contributed by atoms with Gasteiger partial charge in [-0.25, -0.2) is 0 Å². The second kappa shape index (κ2) is 3.33. The fourth-order valence-electron chi connectivity index (χ4n) is 0.111. The van der Waals surface area contributed by atoms with E-state index in [2.05, 4.69) is 3.79 Å². The van der Waals surface area contributed by atoms with Gasteiger partial charge in [-0.15, -0.1) is 0 Å². The molecular formula is C3H7AlO2. The predicted octanol–water partition coefficient (Wildman–Crippen LogP) is 0.376. The van der Waals surface area contributed by atoms with Crippen LogP contribution in [0.2, 0.25) is 0 Å². The van der Waals surface area contributed by atoms with Crippen LogP contribution in [-0.4, -0.2) is 21.6 Å². The fraction of sp³-hybridized carbons (Fsp3) is 1.00. The Morgan fingerprint density at radius 1 is 1.67 bits per heavy atom. The molecule has 34 valence electrons. The summed E-state index contributed by atoms with van der Waals surface area (Å²) >= 11 is -0.998. The molecule has 0 N–H and O–H groups in total. The van der Waals surface area contributed by atoms with E-state index in [-0.39, 0.29) is 6.10 Å². The van der Waals surface area contributed by atoms with Crippen LogP contribution in [0.15, 0.2) is 0 Å². The van der Waals surface area contributed by atoms with E-state index in [1.807, 2.05) is 13.8 Å². The third kappa shape index (κ3) is 4.13. The Morgan fingerprint density at radius 3 is 2.17 bits per heavy atom. The van der Waals surface area contributed by atoms with Crippen LogP contribution in [0.5, 0.6) is 0 Å². The molecule has 0 aliphatic heterocycles. The monoisotopic (exact) mass is 102 g/mol. The van der Waals surface area contributed by atoms with Crippen molar-refractivity contribution in [2.45, 2.75) is 20.0 Å². The first-order valence-corrected chi connectivity index (χ1v) is 2.80. The quantitative estimate of drug-likeness (QED) is 0.471. The molecule has 0 saturated heterocycles. The predicted molar refractivity (Wildman–Crippen MR) is 22.7 cm³/mol. The van der Waals surface area contributed by atoms with Crippen molar-refractivity contribution >= 4 is 15.5 Å². The van der Waals surface area contributed by atoms with Crippen molar-refractivity contribution < 1.29 is 7.59 Å². The van der Waals surface area contributed by atoms with Gasteiger partial charge in [-0.1, -0.05) is 0 Å². The van der Waals surface area contributed by atoms with Crippen molar-refractivity contribution in [2.24, 2.45) is 0 Å². The van der Waals surface area contributed by atoms with Crippen LogP contribution in [-0.2, 0) is 7.59 Å². The zero-order chi connectivity index (χ0) is 4.99. The third-order valence-corrected chi connectivity index (χ3v) is 0.983. The van der Waals surface area contributed by atoms with Gasteiger partial charge in [-0.05, 0) is 0 Å². The van der Waals surface area contributed by atoms with Gasteiger partial charge >= 0.3 is 43.0 Å². The van der Waals surface area contributed by atoms with E-state index >= 15 is 0 Å². The maximum atomic E-state index is 9.60. The van der Waals surface area contributed by atoms with E-state index in [1.165, 1.54) is 0 Å². The minimum absolute atomic E-state index is 0.123. The van der Waals surface area contributed by atoms with Gasteiger partial charge in [-0.3, -0.25) is 0 Å². The van der Waals surface area contributed by atoms with Crippen LogP contribution >= 0.6 is 0 Å². The molecule has 0 atom stereocenters. The SMILES string of the molecule is CC(C)[O][Al]=[O]. The van der Waals surface area contributed by atoms with E-state index in [1.54, 1.807) is 0 Å². The standard InChI is InChI=1S/C3H7O.Al.O/c1-3(2)4;;/h3H,1-2H3;;/q-1;+1;. The first-order chi connectivity index (χ1) is 2.77. The molecule has 0 bridgehead atoms. The van der Waals surface area contributed by atoms with Gasteiger partial charge in [0.05, 0.1) is 0 Å². The third-order valence-electron chi connectivity index (χ3n) is 0.328. The summed E-state index contributed by atoms with van der Waals surface area (Å²) in [7, 11) is 0. The van der Waals surface area contributed by atoms with Crippen molar-refractivity contribution in [3.63, 3.8) is 0 Å². The average molecular weight is 102 g/mol. The summed E-state index contributed by atoms with van der Waals surface area (Å²) in [5.41, 5.74) is 0. The first-order valence-electron chi connectivity index (χ1n) is 1.86. The van der Waals surface area contributed by atoms with Crippen molar-refractivity contribution in [1.82, 2.24) is 0 Å². The second-order valence-electron chi connectivity index (χ2n) is 1.28. The summed E-state index contributed by atoms with van der Waals surface area (Å²) < 4.78 is 14.2. The molecule has 6 heavy (non-hydrogen) atoms. The fourth-order valence-corrected chi connectivity index (χ4v) is 0.333. The summed E-state index contributed by atoms with van der Waals surface area (Å²) in [6, 6.07) is 0. The zero-order valence-corrected chi connectivity index (χ0v) is 5.13. The molecule has 0 aliphatic carbocycles. The molecule has 0 aromatic carbocycles. The minimum atomic E-state index is -0.998. The second-order valence-corrected chi connectivity index (χ2v) is 1.75. The van der Waals surface area contributed by atoms with Gasteiger partial charge in [0.25, 0.3) is 0 Å². The van der Waals surface area contributed by atoms with Crippen LogP contribution in [0, 0.1) is 0 Å². The normalized spacial score (nSPS) is 7.83. The van der Waals surface area contributed by atoms with E-state index in [0.717, 1.165) is 0 Å². The van der Waals surface area contributed by atoms with Crippen LogP contribution < -0.4 is 0 Å². The van der Waals surface area contributed by atoms with Crippen molar-refractivity contribution in [3.8, 4) is 0 Å². The zero-order valence-electron chi connectivity index (χ0n) is 3.97. The summed E-state index contributed by atoms with van der Waals surface area (Å²) in [5, 5.41) is 0. The average Bonchev–Trinajstić information content (AvgIpc) is 1.35. The van der Waals surface area contributed by atoms with E-state index < -0.39 is 15.5 Å². The van der Waals surface area contributed by atoms with Crippen LogP contribution in [0.25, 0.3) is 0 Å². The Balaban J connectivity index is 2.81. The number of hydrogen-bond donors (Lipinski definition) is 0. The van der Waals surface area contributed by atoms with Gasteiger partial charge in [-0.2, -0.15) is 0 Å². The molecule has 0 rings (SSSR count). The van der Waals surface area contributed by atoms with Gasteiger partial charge in [0.2, 0.25) is 0 Å². The van der Waals surface area contributed by atoms with Crippen LogP contribution in [0.3, 0.4) is 0 Å². The Bertz CT molecular complexity index is 44.1. The molecule has 0 aromatic heterocycles. The summed E-state index contributed by atoms with van der Waals surface area (Å²) in [6.45, 7) is 3.70. The molecule has 2 nitrogen and oxygen atoms in total.